The first-order valence-corrected chi connectivity index (χ1v) is 6.15. The lowest BCUT2D eigenvalue weighted by molar-refractivity contribution is -0.134. The predicted octanol–water partition coefficient (Wildman–Crippen LogP) is 2.22. The van der Waals surface area contributed by atoms with E-state index in [9.17, 15) is 14.0 Å². The van der Waals surface area contributed by atoms with E-state index in [4.69, 9.17) is 0 Å². The van der Waals surface area contributed by atoms with Gasteiger partial charge in [0, 0.05) is 6.42 Å². The van der Waals surface area contributed by atoms with Gasteiger partial charge in [-0.3, -0.25) is 14.9 Å². The zero-order chi connectivity index (χ0) is 13.3. The van der Waals surface area contributed by atoms with E-state index in [0.717, 1.165) is 11.1 Å². The van der Waals surface area contributed by atoms with Gasteiger partial charge in [-0.15, -0.1) is 0 Å². The highest BCUT2D eigenvalue weighted by Gasteiger charge is 2.29. The van der Waals surface area contributed by atoms with E-state index in [1.807, 2.05) is 6.92 Å². The monoisotopic (exact) mass is 249 g/mol. The summed E-state index contributed by atoms with van der Waals surface area (Å²) in [6, 6.07) is 3.22. The van der Waals surface area contributed by atoms with Crippen molar-refractivity contribution in [3.8, 4) is 0 Å². The molecule has 2 amide bonds. The molecule has 1 unspecified atom stereocenters. The summed E-state index contributed by atoms with van der Waals surface area (Å²) in [6.45, 7) is 3.67. The van der Waals surface area contributed by atoms with E-state index >= 15 is 0 Å². The number of amides is 2. The number of imide groups is 1. The maximum atomic E-state index is 13.6. The Balaban J connectivity index is 2.38. The summed E-state index contributed by atoms with van der Waals surface area (Å²) < 4.78 is 13.6. The first-order chi connectivity index (χ1) is 8.52. The molecule has 1 N–H and O–H groups in total. The van der Waals surface area contributed by atoms with Crippen LogP contribution in [0.1, 0.15) is 42.4 Å². The van der Waals surface area contributed by atoms with E-state index in [1.54, 1.807) is 13.0 Å². The topological polar surface area (TPSA) is 46.2 Å². The SMILES string of the molecule is CCc1cc(C2CCC(=O)NC2=O)c(C)cc1F. The third-order valence-corrected chi connectivity index (χ3v) is 3.43. The summed E-state index contributed by atoms with van der Waals surface area (Å²) in [5.74, 6) is -1.07. The fourth-order valence-corrected chi connectivity index (χ4v) is 2.37. The number of carbonyl (C=O) groups is 2. The third-order valence-electron chi connectivity index (χ3n) is 3.43. The second-order valence-electron chi connectivity index (χ2n) is 4.66. The van der Waals surface area contributed by atoms with Gasteiger partial charge in [-0.05, 0) is 42.5 Å². The summed E-state index contributed by atoms with van der Waals surface area (Å²) in [5, 5.41) is 2.34. The van der Waals surface area contributed by atoms with Crippen molar-refractivity contribution < 1.29 is 14.0 Å². The zero-order valence-corrected chi connectivity index (χ0v) is 10.5. The van der Waals surface area contributed by atoms with Gasteiger partial charge in [0.1, 0.15) is 5.82 Å². The molecule has 1 heterocycles. The minimum atomic E-state index is -0.339. The average Bonchev–Trinajstić information content (AvgIpc) is 2.30. The van der Waals surface area contributed by atoms with Gasteiger partial charge >= 0.3 is 0 Å². The number of carbonyl (C=O) groups excluding carboxylic acids is 2. The molecule has 2 rings (SSSR count). The Hall–Kier alpha value is -1.71. The minimum Gasteiger partial charge on any atom is -0.296 e. The van der Waals surface area contributed by atoms with Crippen LogP contribution in [0.5, 0.6) is 0 Å². The molecule has 0 saturated carbocycles. The van der Waals surface area contributed by atoms with Crippen molar-refractivity contribution in [2.45, 2.75) is 39.0 Å². The molecule has 1 aliphatic rings. The summed E-state index contributed by atoms with van der Waals surface area (Å²) in [7, 11) is 0. The predicted molar refractivity (Wildman–Crippen MR) is 65.6 cm³/mol. The molecule has 3 nitrogen and oxygen atoms in total. The summed E-state index contributed by atoms with van der Waals surface area (Å²) in [4.78, 5) is 22.9. The number of benzene rings is 1. The molecule has 0 aliphatic carbocycles. The molecule has 1 saturated heterocycles. The first kappa shape index (κ1) is 12.7. The van der Waals surface area contributed by atoms with Gasteiger partial charge in [-0.2, -0.15) is 0 Å². The van der Waals surface area contributed by atoms with E-state index in [2.05, 4.69) is 5.32 Å². The van der Waals surface area contributed by atoms with Crippen molar-refractivity contribution in [2.75, 3.05) is 0 Å². The Morgan fingerprint density at radius 2 is 2.11 bits per heavy atom. The fourth-order valence-electron chi connectivity index (χ4n) is 2.37. The van der Waals surface area contributed by atoms with Crippen LogP contribution in [0.3, 0.4) is 0 Å². The number of piperidine rings is 1. The van der Waals surface area contributed by atoms with Crippen molar-refractivity contribution >= 4 is 11.8 Å². The van der Waals surface area contributed by atoms with Gasteiger partial charge < -0.3 is 0 Å². The molecule has 0 spiro atoms. The average molecular weight is 249 g/mol. The van der Waals surface area contributed by atoms with Crippen LogP contribution in [-0.2, 0) is 16.0 Å². The van der Waals surface area contributed by atoms with Gasteiger partial charge in [0.05, 0.1) is 5.92 Å². The van der Waals surface area contributed by atoms with Crippen LogP contribution in [0.25, 0.3) is 0 Å². The van der Waals surface area contributed by atoms with Crippen LogP contribution >= 0.6 is 0 Å². The van der Waals surface area contributed by atoms with E-state index < -0.39 is 0 Å². The molecular weight excluding hydrogens is 233 g/mol. The van der Waals surface area contributed by atoms with Crippen LogP contribution < -0.4 is 5.32 Å². The molecule has 96 valence electrons. The van der Waals surface area contributed by atoms with E-state index in [-0.39, 0.29) is 23.5 Å². The Bertz CT molecular complexity index is 511. The maximum Gasteiger partial charge on any atom is 0.234 e. The van der Waals surface area contributed by atoms with Gasteiger partial charge in [0.2, 0.25) is 11.8 Å². The van der Waals surface area contributed by atoms with Gasteiger partial charge in [-0.1, -0.05) is 13.0 Å². The molecule has 1 aromatic rings. The molecule has 1 aliphatic heterocycles. The molecule has 18 heavy (non-hydrogen) atoms. The largest absolute Gasteiger partial charge is 0.296 e. The second kappa shape index (κ2) is 4.88. The highest BCUT2D eigenvalue weighted by molar-refractivity contribution is 6.01. The molecule has 0 aromatic heterocycles. The van der Waals surface area contributed by atoms with Crippen molar-refractivity contribution in [2.24, 2.45) is 0 Å². The zero-order valence-electron chi connectivity index (χ0n) is 10.5. The molecular formula is C14H16FNO2. The Labute approximate surface area is 105 Å². The summed E-state index contributed by atoms with van der Waals surface area (Å²) in [5.41, 5.74) is 2.21. The van der Waals surface area contributed by atoms with E-state index in [1.165, 1.54) is 6.07 Å². The van der Waals surface area contributed by atoms with Crippen molar-refractivity contribution in [3.63, 3.8) is 0 Å². The quantitative estimate of drug-likeness (QED) is 0.817. The summed E-state index contributed by atoms with van der Waals surface area (Å²) >= 11 is 0. The van der Waals surface area contributed by atoms with Gasteiger partial charge in [0.15, 0.2) is 0 Å². The van der Waals surface area contributed by atoms with Gasteiger partial charge in [0.25, 0.3) is 0 Å². The first-order valence-electron chi connectivity index (χ1n) is 6.15. The maximum absolute atomic E-state index is 13.6. The number of aryl methyl sites for hydroxylation is 2. The molecule has 1 aromatic carbocycles. The van der Waals surface area contributed by atoms with Crippen LogP contribution in [0, 0.1) is 12.7 Å². The Morgan fingerprint density at radius 1 is 1.39 bits per heavy atom. The fraction of sp³-hybridized carbons (Fsp3) is 0.429. The van der Waals surface area contributed by atoms with Crippen LogP contribution in [-0.4, -0.2) is 11.8 Å². The number of nitrogens with one attached hydrogen (secondary N) is 1. The summed E-state index contributed by atoms with van der Waals surface area (Å²) in [6.07, 6.45) is 1.43. The third kappa shape index (κ3) is 2.28. The lowest BCUT2D eigenvalue weighted by Crippen LogP contribution is -2.39. The molecule has 0 radical (unpaired) electrons. The highest BCUT2D eigenvalue weighted by Crippen LogP contribution is 2.29. The number of halogens is 1. The van der Waals surface area contributed by atoms with Crippen molar-refractivity contribution in [1.29, 1.82) is 0 Å². The van der Waals surface area contributed by atoms with Crippen molar-refractivity contribution in [1.82, 2.24) is 5.32 Å². The van der Waals surface area contributed by atoms with Crippen LogP contribution in [0.4, 0.5) is 4.39 Å². The lowest BCUT2D eigenvalue weighted by atomic mass is 9.86. The standard InChI is InChI=1S/C14H16FNO2/c1-3-9-7-11(8(2)6-12(9)15)10-4-5-13(17)16-14(10)18/h6-7,10H,3-5H2,1-2H3,(H,16,17,18). The number of rotatable bonds is 2. The minimum absolute atomic E-state index is 0.230. The van der Waals surface area contributed by atoms with Crippen molar-refractivity contribution in [3.05, 3.63) is 34.6 Å². The van der Waals surface area contributed by atoms with E-state index in [0.29, 0.717) is 24.8 Å². The number of hydrogen-bond acceptors (Lipinski definition) is 2. The second-order valence-corrected chi connectivity index (χ2v) is 4.66. The smallest absolute Gasteiger partial charge is 0.234 e. The Morgan fingerprint density at radius 3 is 2.72 bits per heavy atom. The molecule has 1 atom stereocenters. The van der Waals surface area contributed by atoms with Crippen LogP contribution in [0.15, 0.2) is 12.1 Å². The number of hydrogen-bond donors (Lipinski definition) is 1. The molecule has 0 bridgehead atoms. The van der Waals surface area contributed by atoms with Crippen LogP contribution in [0.2, 0.25) is 0 Å². The molecule has 1 fully saturated rings. The lowest BCUT2D eigenvalue weighted by Gasteiger charge is -2.23. The van der Waals surface area contributed by atoms with Gasteiger partial charge in [-0.25, -0.2) is 4.39 Å². The highest BCUT2D eigenvalue weighted by atomic mass is 19.1. The Kier molecular flexibility index (Phi) is 3.45. The molecule has 4 heteroatoms. The normalized spacial score (nSPS) is 19.8.